The fraction of sp³-hybridized carbons (Fsp3) is 0.280. The van der Waals surface area contributed by atoms with E-state index in [2.05, 4.69) is 0 Å². The maximum atomic E-state index is 13.5. The number of aromatic hydroxyl groups is 1. The van der Waals surface area contributed by atoms with Crippen molar-refractivity contribution in [2.24, 2.45) is 0 Å². The summed E-state index contributed by atoms with van der Waals surface area (Å²) in [6.45, 7) is 0. The molecular weight excluding hydrogens is 410 g/mol. The van der Waals surface area contributed by atoms with E-state index in [1.807, 2.05) is 12.1 Å². The first kappa shape index (κ1) is 20.2. The summed E-state index contributed by atoms with van der Waals surface area (Å²) in [6, 6.07) is 12.7. The molecule has 3 aromatic rings. The van der Waals surface area contributed by atoms with Crippen molar-refractivity contribution in [2.45, 2.75) is 37.8 Å². The molecule has 7 heteroatoms. The summed E-state index contributed by atoms with van der Waals surface area (Å²) in [5.74, 6) is -1.46. The summed E-state index contributed by atoms with van der Waals surface area (Å²) in [7, 11) is 1.45. The third kappa shape index (κ3) is 3.12. The maximum absolute atomic E-state index is 13.5. The molecule has 1 aliphatic heterocycles. The number of phenolic OH excluding ortho intramolecular Hbond substituents is 1. The fourth-order valence-corrected chi connectivity index (χ4v) is 4.84. The number of hydrogen-bond donors (Lipinski definition) is 2. The molecule has 2 N–H and O–H groups in total. The summed E-state index contributed by atoms with van der Waals surface area (Å²) in [5.41, 5.74) is 1.03. The molecule has 1 atom stereocenters. The number of benzene rings is 2. The van der Waals surface area contributed by atoms with Crippen LogP contribution < -0.4 is 4.74 Å². The topological polar surface area (TPSA) is 100 Å². The molecule has 32 heavy (non-hydrogen) atoms. The molecule has 1 amide bonds. The summed E-state index contributed by atoms with van der Waals surface area (Å²) in [4.78, 5) is 28.3. The summed E-state index contributed by atoms with van der Waals surface area (Å²) in [6.07, 6.45) is 3.54. The van der Waals surface area contributed by atoms with Crippen LogP contribution >= 0.6 is 0 Å². The molecule has 0 bridgehead atoms. The number of rotatable bonds is 5. The van der Waals surface area contributed by atoms with Gasteiger partial charge in [0.25, 0.3) is 5.91 Å². The number of carbonyl (C=O) groups is 2. The Balaban J connectivity index is 1.63. The minimum Gasteiger partial charge on any atom is -0.504 e. The molecule has 5 rings (SSSR count). The predicted molar refractivity (Wildman–Crippen MR) is 117 cm³/mol. The largest absolute Gasteiger partial charge is 0.504 e. The van der Waals surface area contributed by atoms with E-state index in [0.29, 0.717) is 11.1 Å². The maximum Gasteiger partial charge on any atom is 0.290 e. The Morgan fingerprint density at radius 2 is 1.84 bits per heavy atom. The first-order valence-corrected chi connectivity index (χ1v) is 10.7. The molecule has 1 aromatic heterocycles. The quantitative estimate of drug-likeness (QED) is 0.567. The van der Waals surface area contributed by atoms with Crippen LogP contribution in [0.1, 0.15) is 47.8 Å². The highest BCUT2D eigenvalue weighted by Gasteiger charge is 2.47. The van der Waals surface area contributed by atoms with Crippen molar-refractivity contribution in [3.63, 3.8) is 0 Å². The summed E-state index contributed by atoms with van der Waals surface area (Å²) >= 11 is 0. The van der Waals surface area contributed by atoms with Crippen molar-refractivity contribution in [3.05, 3.63) is 71.2 Å². The van der Waals surface area contributed by atoms with Gasteiger partial charge < -0.3 is 24.3 Å². The Morgan fingerprint density at radius 1 is 1.09 bits per heavy atom. The van der Waals surface area contributed by atoms with E-state index in [-0.39, 0.29) is 28.9 Å². The van der Waals surface area contributed by atoms with Crippen LogP contribution in [0.4, 0.5) is 0 Å². The lowest BCUT2D eigenvalue weighted by atomic mass is 9.93. The van der Waals surface area contributed by atoms with Gasteiger partial charge in [-0.05, 0) is 42.7 Å². The van der Waals surface area contributed by atoms with Gasteiger partial charge in [-0.2, -0.15) is 0 Å². The van der Waals surface area contributed by atoms with E-state index in [1.54, 1.807) is 35.2 Å². The molecule has 1 aliphatic carbocycles. The van der Waals surface area contributed by atoms with Crippen molar-refractivity contribution in [3.8, 4) is 11.5 Å². The number of furan rings is 1. The third-order valence-corrected chi connectivity index (χ3v) is 6.37. The van der Waals surface area contributed by atoms with Gasteiger partial charge in [-0.1, -0.05) is 37.1 Å². The van der Waals surface area contributed by atoms with Crippen LogP contribution in [0.5, 0.6) is 11.5 Å². The molecule has 1 saturated carbocycles. The normalized spacial score (nSPS) is 19.3. The second-order valence-electron chi connectivity index (χ2n) is 8.22. The first-order chi connectivity index (χ1) is 15.5. The van der Waals surface area contributed by atoms with Crippen LogP contribution in [0.3, 0.4) is 0 Å². The van der Waals surface area contributed by atoms with Crippen LogP contribution in [0.2, 0.25) is 0 Å². The van der Waals surface area contributed by atoms with Crippen molar-refractivity contribution in [2.75, 3.05) is 7.11 Å². The lowest BCUT2D eigenvalue weighted by molar-refractivity contribution is -0.131. The van der Waals surface area contributed by atoms with Gasteiger partial charge in [0.1, 0.15) is 5.58 Å². The Hall–Kier alpha value is -3.74. The molecule has 2 aliphatic rings. The van der Waals surface area contributed by atoms with E-state index < -0.39 is 23.5 Å². The zero-order valence-electron chi connectivity index (χ0n) is 17.6. The molecule has 7 nitrogen and oxygen atoms in total. The Bertz CT molecular complexity index is 1220. The minimum atomic E-state index is -0.830. The van der Waals surface area contributed by atoms with Gasteiger partial charge in [-0.3, -0.25) is 9.59 Å². The molecule has 0 radical (unpaired) electrons. The van der Waals surface area contributed by atoms with Gasteiger partial charge >= 0.3 is 0 Å². The zero-order valence-corrected chi connectivity index (χ0v) is 17.6. The number of carbonyl (C=O) groups excluding carboxylic acids is 2. The molecule has 0 saturated heterocycles. The minimum absolute atomic E-state index is 0.0366. The van der Waals surface area contributed by atoms with E-state index in [9.17, 15) is 19.8 Å². The number of amides is 1. The predicted octanol–water partition coefficient (Wildman–Crippen LogP) is 4.67. The van der Waals surface area contributed by atoms with E-state index in [1.165, 1.54) is 13.2 Å². The van der Waals surface area contributed by atoms with Crippen LogP contribution in [-0.4, -0.2) is 40.0 Å². The number of para-hydroxylation sites is 1. The number of aliphatic hydroxyl groups is 1. The second kappa shape index (κ2) is 7.75. The number of methoxy groups -OCH3 is 1. The zero-order chi connectivity index (χ0) is 22.4. The van der Waals surface area contributed by atoms with Gasteiger partial charge in [0.15, 0.2) is 23.0 Å². The van der Waals surface area contributed by atoms with Crippen molar-refractivity contribution in [1.82, 2.24) is 4.90 Å². The monoisotopic (exact) mass is 433 g/mol. The van der Waals surface area contributed by atoms with Crippen molar-refractivity contribution in [1.29, 1.82) is 0 Å². The van der Waals surface area contributed by atoms with Crippen LogP contribution in [-0.2, 0) is 4.79 Å². The molecule has 2 aromatic carbocycles. The van der Waals surface area contributed by atoms with Crippen LogP contribution in [0.15, 0.2) is 64.3 Å². The number of nitrogens with zero attached hydrogens (tertiary/aromatic N) is 1. The Labute approximate surface area is 184 Å². The molecule has 1 fully saturated rings. The highest BCUT2D eigenvalue weighted by molar-refractivity contribution is 6.16. The van der Waals surface area contributed by atoms with Gasteiger partial charge in [0.05, 0.1) is 18.7 Å². The van der Waals surface area contributed by atoms with Crippen LogP contribution in [0.25, 0.3) is 11.0 Å². The van der Waals surface area contributed by atoms with Crippen molar-refractivity contribution >= 4 is 22.7 Å². The smallest absolute Gasteiger partial charge is 0.290 e. The van der Waals surface area contributed by atoms with Gasteiger partial charge in [0.2, 0.25) is 5.78 Å². The molecule has 0 spiro atoms. The number of fused-ring (bicyclic) bond motifs is 1. The van der Waals surface area contributed by atoms with Gasteiger partial charge in [-0.25, -0.2) is 0 Å². The fourth-order valence-electron chi connectivity index (χ4n) is 4.84. The van der Waals surface area contributed by atoms with E-state index >= 15 is 0 Å². The van der Waals surface area contributed by atoms with Crippen molar-refractivity contribution < 1.29 is 29.0 Å². The van der Waals surface area contributed by atoms with E-state index in [4.69, 9.17) is 9.15 Å². The van der Waals surface area contributed by atoms with E-state index in [0.717, 1.165) is 31.1 Å². The Kier molecular flexibility index (Phi) is 4.89. The summed E-state index contributed by atoms with van der Waals surface area (Å²) < 4.78 is 10.9. The van der Waals surface area contributed by atoms with Gasteiger partial charge in [0, 0.05) is 11.4 Å². The molecule has 2 heterocycles. The van der Waals surface area contributed by atoms with Crippen LogP contribution in [0, 0.1) is 0 Å². The average Bonchev–Trinajstić information content (AvgIpc) is 3.52. The lowest BCUT2D eigenvalue weighted by Gasteiger charge is -2.32. The second-order valence-corrected chi connectivity index (χ2v) is 8.22. The third-order valence-electron chi connectivity index (χ3n) is 6.37. The number of aliphatic hydroxyl groups excluding tert-OH is 1. The number of hydrogen-bond acceptors (Lipinski definition) is 6. The number of phenols is 1. The molecule has 1 unspecified atom stereocenters. The highest BCUT2D eigenvalue weighted by Crippen LogP contribution is 2.45. The molecular formula is C25H23NO6. The lowest BCUT2D eigenvalue weighted by Crippen LogP contribution is -2.38. The standard InChI is InChI=1S/C25H23NO6/c1-31-19-11-10-15(12-17(19)27)22-21(24(29)25(30)26(22)16-7-3-4-8-16)23(28)20-13-14-6-2-5-9-18(14)32-20/h2,5-6,9-13,16,22,27,29H,3-4,7-8H2,1H3. The molecule has 164 valence electrons. The average molecular weight is 433 g/mol. The van der Waals surface area contributed by atoms with Gasteiger partial charge in [-0.15, -0.1) is 0 Å². The number of ether oxygens (including phenoxy) is 1. The number of ketones is 1. The highest BCUT2D eigenvalue weighted by atomic mass is 16.5. The number of Topliss-reactive ketones (excluding diaryl/α,β-unsaturated/α-hetero) is 1. The summed E-state index contributed by atoms with van der Waals surface area (Å²) in [5, 5.41) is 22.0. The Morgan fingerprint density at radius 3 is 2.53 bits per heavy atom. The SMILES string of the molecule is COc1ccc(C2C(C(=O)c3cc4ccccc4o3)=C(O)C(=O)N2C2CCCC2)cc1O. The first-order valence-electron chi connectivity index (χ1n) is 10.7.